The van der Waals surface area contributed by atoms with Crippen LogP contribution in [0.4, 0.5) is 5.69 Å². The number of aryl methyl sites for hydroxylation is 2. The van der Waals surface area contributed by atoms with Crippen molar-refractivity contribution in [1.82, 2.24) is 20.2 Å². The van der Waals surface area contributed by atoms with Gasteiger partial charge in [-0.2, -0.15) is 0 Å². The molecule has 1 heterocycles. The van der Waals surface area contributed by atoms with Crippen LogP contribution in [0.5, 0.6) is 0 Å². The Kier molecular flexibility index (Phi) is 3.89. The molecular weight excluding hydrogens is 290 g/mol. The average molecular weight is 307 g/mol. The molecule has 0 unspecified atom stereocenters. The highest BCUT2D eigenvalue weighted by molar-refractivity contribution is 6.05. The van der Waals surface area contributed by atoms with Gasteiger partial charge >= 0.3 is 0 Å². The van der Waals surface area contributed by atoms with Crippen molar-refractivity contribution >= 4 is 11.6 Å². The van der Waals surface area contributed by atoms with Crippen LogP contribution < -0.4 is 5.32 Å². The van der Waals surface area contributed by atoms with Gasteiger partial charge in [-0.1, -0.05) is 24.3 Å². The number of carbonyl (C=O) groups excluding carboxylic acids is 1. The van der Waals surface area contributed by atoms with E-state index < -0.39 is 0 Å². The third kappa shape index (κ3) is 2.96. The minimum Gasteiger partial charge on any atom is -0.322 e. The molecule has 2 aromatic carbocycles. The van der Waals surface area contributed by atoms with Crippen LogP contribution in [0.3, 0.4) is 0 Å². The lowest BCUT2D eigenvalue weighted by Crippen LogP contribution is -2.13. The maximum absolute atomic E-state index is 12.5. The van der Waals surface area contributed by atoms with E-state index in [1.807, 2.05) is 56.3 Å². The van der Waals surface area contributed by atoms with Gasteiger partial charge in [0.25, 0.3) is 5.91 Å². The van der Waals surface area contributed by atoms with Gasteiger partial charge in [0, 0.05) is 23.9 Å². The maximum atomic E-state index is 12.5. The molecule has 0 saturated heterocycles. The Bertz CT molecular complexity index is 869. The summed E-state index contributed by atoms with van der Waals surface area (Å²) >= 11 is 0. The third-order valence-electron chi connectivity index (χ3n) is 3.85. The van der Waals surface area contributed by atoms with Crippen LogP contribution in [0.1, 0.15) is 21.5 Å². The Morgan fingerprint density at radius 1 is 1.13 bits per heavy atom. The molecule has 0 aliphatic rings. The number of nitrogens with one attached hydrogen (secondary N) is 1. The van der Waals surface area contributed by atoms with E-state index in [1.54, 1.807) is 11.7 Å². The number of anilines is 1. The topological polar surface area (TPSA) is 72.7 Å². The molecule has 0 spiro atoms. The molecule has 3 aromatic rings. The first-order chi connectivity index (χ1) is 11.1. The summed E-state index contributed by atoms with van der Waals surface area (Å²) in [5.41, 5.74) is 4.30. The first kappa shape index (κ1) is 14.9. The highest BCUT2D eigenvalue weighted by atomic mass is 16.1. The van der Waals surface area contributed by atoms with Crippen molar-refractivity contribution in [2.45, 2.75) is 13.8 Å². The summed E-state index contributed by atoms with van der Waals surface area (Å²) in [6.07, 6.45) is 0. The van der Waals surface area contributed by atoms with E-state index in [0.29, 0.717) is 17.1 Å². The van der Waals surface area contributed by atoms with Crippen LogP contribution in [0.15, 0.2) is 42.5 Å². The number of aromatic nitrogens is 4. The van der Waals surface area contributed by atoms with Crippen molar-refractivity contribution in [3.05, 3.63) is 59.2 Å². The quantitative estimate of drug-likeness (QED) is 0.807. The molecule has 6 nitrogen and oxygen atoms in total. The van der Waals surface area contributed by atoms with Gasteiger partial charge in [0.05, 0.1) is 0 Å². The molecule has 0 fully saturated rings. The van der Waals surface area contributed by atoms with E-state index in [0.717, 1.165) is 16.7 Å². The monoisotopic (exact) mass is 307 g/mol. The zero-order valence-corrected chi connectivity index (χ0v) is 13.2. The molecule has 0 radical (unpaired) electrons. The molecule has 0 aliphatic carbocycles. The van der Waals surface area contributed by atoms with Gasteiger partial charge in [-0.15, -0.1) is 5.10 Å². The normalized spacial score (nSPS) is 10.6. The number of hydrogen-bond donors (Lipinski definition) is 1. The molecule has 3 rings (SSSR count). The molecule has 116 valence electrons. The lowest BCUT2D eigenvalue weighted by atomic mass is 10.0. The van der Waals surface area contributed by atoms with Crippen molar-refractivity contribution in [1.29, 1.82) is 0 Å². The van der Waals surface area contributed by atoms with Gasteiger partial charge in [0.2, 0.25) is 0 Å². The zero-order valence-electron chi connectivity index (χ0n) is 13.2. The number of rotatable bonds is 3. The molecule has 0 atom stereocenters. The SMILES string of the molecule is Cc1cccc(C(=O)Nc2cccc(-c3nnnn3C)c2)c1C. The predicted octanol–water partition coefficient (Wildman–Crippen LogP) is 2.75. The standard InChI is InChI=1S/C17H17N5O/c1-11-6-4-9-15(12(11)2)17(23)18-14-8-5-7-13(10-14)16-19-20-21-22(16)3/h4-10H,1-3H3,(H,18,23). The maximum Gasteiger partial charge on any atom is 0.255 e. The Morgan fingerprint density at radius 3 is 2.65 bits per heavy atom. The van der Waals surface area contributed by atoms with Crippen LogP contribution >= 0.6 is 0 Å². The Hall–Kier alpha value is -3.02. The second kappa shape index (κ2) is 6.00. The van der Waals surface area contributed by atoms with Crippen molar-refractivity contribution in [3.8, 4) is 11.4 Å². The Morgan fingerprint density at radius 2 is 1.91 bits per heavy atom. The highest BCUT2D eigenvalue weighted by Crippen LogP contribution is 2.21. The molecule has 0 bridgehead atoms. The number of tetrazole rings is 1. The number of hydrogen-bond acceptors (Lipinski definition) is 4. The van der Waals surface area contributed by atoms with Gasteiger partial charge in [-0.05, 0) is 53.6 Å². The Balaban J connectivity index is 1.87. The minimum absolute atomic E-state index is 0.126. The van der Waals surface area contributed by atoms with E-state index in [-0.39, 0.29) is 5.91 Å². The van der Waals surface area contributed by atoms with Crippen LogP contribution in [-0.2, 0) is 7.05 Å². The lowest BCUT2D eigenvalue weighted by Gasteiger charge is -2.10. The number of benzene rings is 2. The summed E-state index contributed by atoms with van der Waals surface area (Å²) in [4.78, 5) is 12.5. The summed E-state index contributed by atoms with van der Waals surface area (Å²) in [6, 6.07) is 13.2. The minimum atomic E-state index is -0.126. The van der Waals surface area contributed by atoms with Crippen LogP contribution in [0.25, 0.3) is 11.4 Å². The summed E-state index contributed by atoms with van der Waals surface area (Å²) < 4.78 is 1.59. The highest BCUT2D eigenvalue weighted by Gasteiger charge is 2.12. The number of amides is 1. The first-order valence-corrected chi connectivity index (χ1v) is 7.26. The van der Waals surface area contributed by atoms with Gasteiger partial charge in [-0.25, -0.2) is 4.68 Å². The zero-order chi connectivity index (χ0) is 16.4. The molecule has 0 aliphatic heterocycles. The molecule has 0 saturated carbocycles. The fourth-order valence-electron chi connectivity index (χ4n) is 2.41. The third-order valence-corrected chi connectivity index (χ3v) is 3.85. The van der Waals surface area contributed by atoms with E-state index in [1.165, 1.54) is 0 Å². The first-order valence-electron chi connectivity index (χ1n) is 7.26. The molecule has 1 N–H and O–H groups in total. The summed E-state index contributed by atoms with van der Waals surface area (Å²) in [7, 11) is 1.77. The largest absolute Gasteiger partial charge is 0.322 e. The molecule has 1 aromatic heterocycles. The van der Waals surface area contributed by atoms with Gasteiger partial charge < -0.3 is 5.32 Å². The van der Waals surface area contributed by atoms with Crippen molar-refractivity contribution in [2.75, 3.05) is 5.32 Å². The van der Waals surface area contributed by atoms with Gasteiger partial charge in [0.1, 0.15) is 0 Å². The molecular formula is C17H17N5O. The number of carbonyl (C=O) groups is 1. The second-order valence-electron chi connectivity index (χ2n) is 5.41. The van der Waals surface area contributed by atoms with E-state index in [2.05, 4.69) is 20.8 Å². The van der Waals surface area contributed by atoms with Crippen molar-refractivity contribution in [2.24, 2.45) is 7.05 Å². The van der Waals surface area contributed by atoms with Crippen molar-refractivity contribution < 1.29 is 4.79 Å². The van der Waals surface area contributed by atoms with Gasteiger partial charge in [-0.3, -0.25) is 4.79 Å². The lowest BCUT2D eigenvalue weighted by molar-refractivity contribution is 0.102. The number of nitrogens with zero attached hydrogens (tertiary/aromatic N) is 4. The molecule has 6 heteroatoms. The van der Waals surface area contributed by atoms with E-state index in [9.17, 15) is 4.79 Å². The van der Waals surface area contributed by atoms with Crippen molar-refractivity contribution in [3.63, 3.8) is 0 Å². The predicted molar refractivity (Wildman–Crippen MR) is 88.1 cm³/mol. The van der Waals surface area contributed by atoms with Crippen LogP contribution in [0.2, 0.25) is 0 Å². The fourth-order valence-corrected chi connectivity index (χ4v) is 2.41. The fraction of sp³-hybridized carbons (Fsp3) is 0.176. The second-order valence-corrected chi connectivity index (χ2v) is 5.41. The van der Waals surface area contributed by atoms with Crippen LogP contribution in [-0.4, -0.2) is 26.1 Å². The summed E-state index contributed by atoms with van der Waals surface area (Å²) in [6.45, 7) is 3.94. The Labute approximate surface area is 134 Å². The molecule has 23 heavy (non-hydrogen) atoms. The van der Waals surface area contributed by atoms with E-state index >= 15 is 0 Å². The smallest absolute Gasteiger partial charge is 0.255 e. The van der Waals surface area contributed by atoms with Gasteiger partial charge in [0.15, 0.2) is 5.82 Å². The molecule has 1 amide bonds. The van der Waals surface area contributed by atoms with Crippen LogP contribution in [0, 0.1) is 13.8 Å². The van der Waals surface area contributed by atoms with E-state index in [4.69, 9.17) is 0 Å². The summed E-state index contributed by atoms with van der Waals surface area (Å²) in [5.74, 6) is 0.521. The summed E-state index contributed by atoms with van der Waals surface area (Å²) in [5, 5.41) is 14.4. The average Bonchev–Trinajstić information content (AvgIpc) is 2.96.